The van der Waals surface area contributed by atoms with Gasteiger partial charge in [0, 0.05) is 10.8 Å². The highest BCUT2D eigenvalue weighted by Crippen LogP contribution is 2.33. The van der Waals surface area contributed by atoms with E-state index < -0.39 is 24.5 Å². The molecule has 0 radical (unpaired) electrons. The molecule has 0 aliphatic heterocycles. The van der Waals surface area contributed by atoms with E-state index in [1.807, 2.05) is 42.5 Å². The number of nitrogens with one attached hydrogen (secondary N) is 1. The molecule has 7 nitrogen and oxygen atoms in total. The maximum atomic E-state index is 12.0. The number of benzene rings is 4. The Bertz CT molecular complexity index is 1530. The summed E-state index contributed by atoms with van der Waals surface area (Å²) < 4.78 is 0. The van der Waals surface area contributed by atoms with Gasteiger partial charge in [0.1, 0.15) is 6.54 Å². The zero-order valence-corrected chi connectivity index (χ0v) is 17.1. The van der Waals surface area contributed by atoms with Crippen LogP contribution in [-0.2, 0) is 16.0 Å². The highest BCUT2D eigenvalue weighted by atomic mass is 16.4. The summed E-state index contributed by atoms with van der Waals surface area (Å²) in [5.41, 5.74) is 9.94. The molecule has 4 aromatic carbocycles. The molecule has 0 aliphatic rings. The molecule has 1 heterocycles. The van der Waals surface area contributed by atoms with Gasteiger partial charge >= 0.3 is 5.97 Å². The second-order valence-corrected chi connectivity index (χ2v) is 7.76. The molecule has 0 fully saturated rings. The second-order valence-electron chi connectivity index (χ2n) is 7.76. The summed E-state index contributed by atoms with van der Waals surface area (Å²) in [4.78, 5) is 32.5. The Morgan fingerprint density at radius 2 is 1.41 bits per heavy atom. The normalized spacial score (nSPS) is 12.4. The molecular formula is C25H20N4O3. The van der Waals surface area contributed by atoms with Crippen molar-refractivity contribution >= 4 is 55.5 Å². The molecule has 1 aromatic heterocycles. The fourth-order valence-electron chi connectivity index (χ4n) is 4.09. The Hall–Kier alpha value is -4.10. The Kier molecular flexibility index (Phi) is 4.88. The van der Waals surface area contributed by atoms with Gasteiger partial charge in [0.15, 0.2) is 0 Å². The molecule has 158 valence electrons. The minimum Gasteiger partial charge on any atom is -0.480 e. The summed E-state index contributed by atoms with van der Waals surface area (Å²) in [5, 5.41) is 15.4. The minimum atomic E-state index is -1.11. The number of hydrogen-bond donors (Lipinski definition) is 3. The van der Waals surface area contributed by atoms with Gasteiger partial charge in [0.25, 0.3) is 0 Å². The molecule has 4 N–H and O–H groups in total. The molecule has 1 amide bonds. The predicted molar refractivity (Wildman–Crippen MR) is 124 cm³/mol. The van der Waals surface area contributed by atoms with Gasteiger partial charge < -0.3 is 16.2 Å². The van der Waals surface area contributed by atoms with Gasteiger partial charge in [0.05, 0.1) is 28.1 Å². The molecule has 5 aromatic rings. The first-order valence-corrected chi connectivity index (χ1v) is 10.3. The number of carboxylic acid groups (broad SMARTS) is 1. The number of carbonyl (C=O) groups is 2. The molecule has 5 rings (SSSR count). The summed E-state index contributed by atoms with van der Waals surface area (Å²) in [6, 6.07) is 21.1. The van der Waals surface area contributed by atoms with Gasteiger partial charge in [-0.2, -0.15) is 0 Å². The van der Waals surface area contributed by atoms with Gasteiger partial charge in [-0.25, -0.2) is 9.97 Å². The van der Waals surface area contributed by atoms with Crippen LogP contribution in [0, 0.1) is 0 Å². The van der Waals surface area contributed by atoms with Crippen LogP contribution < -0.4 is 11.1 Å². The average Bonchev–Trinajstić information content (AvgIpc) is 2.81. The van der Waals surface area contributed by atoms with Crippen molar-refractivity contribution in [2.24, 2.45) is 5.73 Å². The number of hydrogen-bond acceptors (Lipinski definition) is 5. The van der Waals surface area contributed by atoms with Crippen LogP contribution >= 0.6 is 0 Å². The van der Waals surface area contributed by atoms with Crippen LogP contribution in [-0.4, -0.2) is 39.5 Å². The number of carbonyl (C=O) groups excluding carboxylic acids is 1. The number of nitrogens with zero attached hydrogens (tertiary/aromatic N) is 2. The van der Waals surface area contributed by atoms with E-state index in [0.29, 0.717) is 5.52 Å². The van der Waals surface area contributed by atoms with Crippen molar-refractivity contribution in [3.05, 3.63) is 72.3 Å². The van der Waals surface area contributed by atoms with Crippen LogP contribution in [0.1, 0.15) is 5.56 Å². The van der Waals surface area contributed by atoms with Crippen molar-refractivity contribution < 1.29 is 14.7 Å². The van der Waals surface area contributed by atoms with Gasteiger partial charge in [0.2, 0.25) is 5.91 Å². The van der Waals surface area contributed by atoms with Crippen LogP contribution in [0.15, 0.2) is 66.7 Å². The molecule has 0 unspecified atom stereocenters. The summed E-state index contributed by atoms with van der Waals surface area (Å²) >= 11 is 0. The third kappa shape index (κ3) is 3.48. The lowest BCUT2D eigenvalue weighted by Crippen LogP contribution is -2.43. The van der Waals surface area contributed by atoms with E-state index in [-0.39, 0.29) is 6.42 Å². The minimum absolute atomic E-state index is 0.263. The van der Waals surface area contributed by atoms with E-state index in [9.17, 15) is 9.59 Å². The quantitative estimate of drug-likeness (QED) is 0.295. The molecule has 0 aliphatic carbocycles. The number of carboxylic acids is 1. The molecular weight excluding hydrogens is 404 g/mol. The van der Waals surface area contributed by atoms with Crippen LogP contribution in [0.5, 0.6) is 0 Å². The lowest BCUT2D eigenvalue weighted by molar-refractivity contribution is -0.138. The van der Waals surface area contributed by atoms with Crippen LogP contribution in [0.4, 0.5) is 0 Å². The number of nitrogens with two attached hydrogens (primary N) is 1. The Morgan fingerprint density at radius 1 is 0.844 bits per heavy atom. The summed E-state index contributed by atoms with van der Waals surface area (Å²) in [6.07, 6.45) is 0.263. The smallest absolute Gasteiger partial charge is 0.322 e. The van der Waals surface area contributed by atoms with E-state index in [2.05, 4.69) is 29.6 Å². The van der Waals surface area contributed by atoms with Crippen LogP contribution in [0.3, 0.4) is 0 Å². The first-order chi connectivity index (χ1) is 15.5. The van der Waals surface area contributed by atoms with Gasteiger partial charge in [-0.1, -0.05) is 54.6 Å². The lowest BCUT2D eigenvalue weighted by atomic mass is 9.99. The first-order valence-electron chi connectivity index (χ1n) is 10.3. The fraction of sp³-hybridized carbons (Fsp3) is 0.120. The zero-order valence-electron chi connectivity index (χ0n) is 17.1. The lowest BCUT2D eigenvalue weighted by Gasteiger charge is -2.13. The number of rotatable bonds is 5. The SMILES string of the molecule is N[C@@H](Cc1ccc2nc3c4ccccc4c4ccccc4c3nc2c1)C(=O)NCC(=O)O. The molecule has 0 saturated carbocycles. The maximum absolute atomic E-state index is 12.0. The Balaban J connectivity index is 1.60. The number of aliphatic carboxylic acids is 1. The van der Waals surface area contributed by atoms with Crippen molar-refractivity contribution in [2.45, 2.75) is 12.5 Å². The molecule has 7 heteroatoms. The summed E-state index contributed by atoms with van der Waals surface area (Å²) in [5.74, 6) is -1.62. The van der Waals surface area contributed by atoms with Crippen molar-refractivity contribution in [3.63, 3.8) is 0 Å². The standard InChI is InChI=1S/C25H20N4O3/c26-19(25(32)27-13-22(30)31)11-14-9-10-20-21(12-14)29-24-18-8-4-2-6-16(18)15-5-1-3-7-17(15)23(24)28-20/h1-10,12,19H,11,13,26H2,(H,27,32)(H,30,31)/t19-/m0/s1. The van der Waals surface area contributed by atoms with Crippen LogP contribution in [0.2, 0.25) is 0 Å². The van der Waals surface area contributed by atoms with E-state index in [0.717, 1.165) is 43.7 Å². The van der Waals surface area contributed by atoms with Crippen molar-refractivity contribution in [1.82, 2.24) is 15.3 Å². The molecule has 1 atom stereocenters. The molecule has 0 bridgehead atoms. The van der Waals surface area contributed by atoms with E-state index in [1.54, 1.807) is 0 Å². The van der Waals surface area contributed by atoms with Crippen molar-refractivity contribution in [3.8, 4) is 0 Å². The monoisotopic (exact) mass is 424 g/mol. The number of fused-ring (bicyclic) bond motifs is 7. The molecule has 0 saturated heterocycles. The summed E-state index contributed by atoms with van der Waals surface area (Å²) in [7, 11) is 0. The number of amides is 1. The number of aromatic nitrogens is 2. The third-order valence-electron chi connectivity index (χ3n) is 5.59. The van der Waals surface area contributed by atoms with E-state index in [4.69, 9.17) is 20.8 Å². The molecule has 32 heavy (non-hydrogen) atoms. The highest BCUT2D eigenvalue weighted by molar-refractivity contribution is 6.23. The van der Waals surface area contributed by atoms with Gasteiger partial charge in [-0.05, 0) is 34.9 Å². The Labute approximate surface area is 182 Å². The fourth-order valence-corrected chi connectivity index (χ4v) is 4.09. The Morgan fingerprint density at radius 3 is 2.00 bits per heavy atom. The highest BCUT2D eigenvalue weighted by Gasteiger charge is 2.16. The zero-order chi connectivity index (χ0) is 22.2. The van der Waals surface area contributed by atoms with Crippen LogP contribution in [0.25, 0.3) is 43.6 Å². The third-order valence-corrected chi connectivity index (χ3v) is 5.59. The van der Waals surface area contributed by atoms with E-state index >= 15 is 0 Å². The van der Waals surface area contributed by atoms with E-state index in [1.165, 1.54) is 0 Å². The predicted octanol–water partition coefficient (Wildman–Crippen LogP) is 3.16. The summed E-state index contributed by atoms with van der Waals surface area (Å²) in [6.45, 7) is -0.456. The molecule has 0 spiro atoms. The topological polar surface area (TPSA) is 118 Å². The van der Waals surface area contributed by atoms with Gasteiger partial charge in [-0.15, -0.1) is 0 Å². The largest absolute Gasteiger partial charge is 0.480 e. The second kappa shape index (κ2) is 7.86. The maximum Gasteiger partial charge on any atom is 0.322 e. The van der Waals surface area contributed by atoms with Gasteiger partial charge in [-0.3, -0.25) is 9.59 Å². The van der Waals surface area contributed by atoms with Crippen molar-refractivity contribution in [1.29, 1.82) is 0 Å². The van der Waals surface area contributed by atoms with Crippen molar-refractivity contribution in [2.75, 3.05) is 6.54 Å². The average molecular weight is 424 g/mol. The first kappa shape index (κ1) is 19.8.